The highest BCUT2D eigenvalue weighted by Crippen LogP contribution is 2.34. The van der Waals surface area contributed by atoms with E-state index in [1.54, 1.807) is 6.92 Å². The van der Waals surface area contributed by atoms with Crippen LogP contribution < -0.4 is 5.32 Å². The first-order chi connectivity index (χ1) is 12.2. The molecule has 1 N–H and O–H groups in total. The van der Waals surface area contributed by atoms with Gasteiger partial charge in [-0.25, -0.2) is 4.63 Å². The van der Waals surface area contributed by atoms with Crippen molar-refractivity contribution < 1.29 is 13.9 Å². The fraction of sp³-hybridized carbons (Fsp3) is 0.353. The van der Waals surface area contributed by atoms with Crippen LogP contribution in [0.15, 0.2) is 27.4 Å². The zero-order valence-corrected chi connectivity index (χ0v) is 13.9. The molecule has 0 radical (unpaired) electrons. The first-order valence-corrected chi connectivity index (χ1v) is 8.21. The molecule has 2 aromatic heterocycles. The average Bonchev–Trinajstić information content (AvgIpc) is 3.34. The highest BCUT2D eigenvalue weighted by Gasteiger charge is 2.27. The van der Waals surface area contributed by atoms with Crippen molar-refractivity contribution >= 4 is 5.91 Å². The van der Waals surface area contributed by atoms with E-state index in [2.05, 4.69) is 36.5 Å². The Morgan fingerprint density at radius 3 is 2.92 bits per heavy atom. The predicted octanol–water partition coefficient (Wildman–Crippen LogP) is 2.41. The van der Waals surface area contributed by atoms with Crippen molar-refractivity contribution in [1.82, 2.24) is 25.8 Å². The predicted molar refractivity (Wildman–Crippen MR) is 86.7 cm³/mol. The van der Waals surface area contributed by atoms with Gasteiger partial charge in [-0.15, -0.1) is 0 Å². The highest BCUT2D eigenvalue weighted by molar-refractivity contribution is 5.93. The Bertz CT molecular complexity index is 930. The molecule has 0 saturated heterocycles. The van der Waals surface area contributed by atoms with Crippen molar-refractivity contribution in [3.8, 4) is 11.4 Å². The van der Waals surface area contributed by atoms with Crippen LogP contribution in [0.3, 0.4) is 0 Å². The fourth-order valence-electron chi connectivity index (χ4n) is 3.09. The lowest BCUT2D eigenvalue weighted by molar-refractivity contribution is 0.0926. The highest BCUT2D eigenvalue weighted by atomic mass is 16.6. The zero-order chi connectivity index (χ0) is 17.4. The van der Waals surface area contributed by atoms with Crippen LogP contribution in [0.25, 0.3) is 11.4 Å². The summed E-state index contributed by atoms with van der Waals surface area (Å²) in [7, 11) is 0. The molecule has 4 rings (SSSR count). The standard InChI is InChI=1S/C17H17N5O3/c1-3-14-19-16(22-24-14)11-4-6-12-10(8-11)5-7-13(12)18-17(23)15-9(2)20-25-21-15/h4,6,8,13H,3,5,7H2,1-2H3,(H,18,23). The summed E-state index contributed by atoms with van der Waals surface area (Å²) in [5.41, 5.74) is 3.91. The Morgan fingerprint density at radius 1 is 1.32 bits per heavy atom. The molecule has 1 aliphatic carbocycles. The van der Waals surface area contributed by atoms with E-state index in [1.165, 1.54) is 5.56 Å². The topological polar surface area (TPSA) is 107 Å². The molecule has 0 fully saturated rings. The third kappa shape index (κ3) is 2.79. The lowest BCUT2D eigenvalue weighted by Crippen LogP contribution is -2.28. The van der Waals surface area contributed by atoms with Gasteiger partial charge in [0, 0.05) is 12.0 Å². The summed E-state index contributed by atoms with van der Waals surface area (Å²) >= 11 is 0. The van der Waals surface area contributed by atoms with Gasteiger partial charge in [0.2, 0.25) is 11.7 Å². The summed E-state index contributed by atoms with van der Waals surface area (Å²) in [6.45, 7) is 3.66. The molecule has 3 aromatic rings. The van der Waals surface area contributed by atoms with Crippen LogP contribution in [0.2, 0.25) is 0 Å². The molecule has 0 bridgehead atoms. The first-order valence-electron chi connectivity index (χ1n) is 8.21. The first kappa shape index (κ1) is 15.5. The van der Waals surface area contributed by atoms with Crippen LogP contribution in [-0.2, 0) is 12.8 Å². The van der Waals surface area contributed by atoms with E-state index >= 15 is 0 Å². The van der Waals surface area contributed by atoms with Gasteiger partial charge in [0.05, 0.1) is 6.04 Å². The summed E-state index contributed by atoms with van der Waals surface area (Å²) in [4.78, 5) is 16.7. The van der Waals surface area contributed by atoms with Gasteiger partial charge in [-0.2, -0.15) is 4.98 Å². The molecule has 8 heteroatoms. The molecule has 0 saturated carbocycles. The Morgan fingerprint density at radius 2 is 2.20 bits per heavy atom. The number of carbonyl (C=O) groups is 1. The van der Waals surface area contributed by atoms with E-state index in [4.69, 9.17) is 4.52 Å². The van der Waals surface area contributed by atoms with Crippen LogP contribution in [0, 0.1) is 6.92 Å². The van der Waals surface area contributed by atoms with Gasteiger partial charge >= 0.3 is 0 Å². The number of nitrogens with zero attached hydrogens (tertiary/aromatic N) is 4. The van der Waals surface area contributed by atoms with E-state index in [1.807, 2.05) is 19.1 Å². The van der Waals surface area contributed by atoms with Crippen molar-refractivity contribution in [3.05, 3.63) is 46.6 Å². The number of aromatic nitrogens is 4. The Labute approximate surface area is 143 Å². The quantitative estimate of drug-likeness (QED) is 0.777. The Kier molecular flexibility index (Phi) is 3.79. The third-order valence-electron chi connectivity index (χ3n) is 4.42. The molecular weight excluding hydrogens is 322 g/mol. The molecule has 1 atom stereocenters. The number of amides is 1. The second kappa shape index (κ2) is 6.12. The molecule has 1 aliphatic rings. The van der Waals surface area contributed by atoms with Crippen LogP contribution >= 0.6 is 0 Å². The van der Waals surface area contributed by atoms with Crippen molar-refractivity contribution in [1.29, 1.82) is 0 Å². The van der Waals surface area contributed by atoms with Gasteiger partial charge in [0.25, 0.3) is 5.91 Å². The average molecular weight is 339 g/mol. The number of carbonyl (C=O) groups excluding carboxylic acids is 1. The van der Waals surface area contributed by atoms with E-state index in [0.717, 1.165) is 24.0 Å². The zero-order valence-electron chi connectivity index (χ0n) is 13.9. The van der Waals surface area contributed by atoms with Crippen LogP contribution in [0.4, 0.5) is 0 Å². The second-order valence-corrected chi connectivity index (χ2v) is 6.04. The lowest BCUT2D eigenvalue weighted by Gasteiger charge is -2.13. The lowest BCUT2D eigenvalue weighted by atomic mass is 10.0. The van der Waals surface area contributed by atoms with E-state index in [9.17, 15) is 4.79 Å². The third-order valence-corrected chi connectivity index (χ3v) is 4.42. The SMILES string of the molecule is CCc1nc(-c2ccc3c(c2)CCC3NC(=O)c2nonc2C)no1. The van der Waals surface area contributed by atoms with Crippen LogP contribution in [0.5, 0.6) is 0 Å². The van der Waals surface area contributed by atoms with Crippen molar-refractivity contribution in [2.45, 2.75) is 39.2 Å². The number of hydrogen-bond donors (Lipinski definition) is 1. The van der Waals surface area contributed by atoms with Gasteiger partial charge in [0.15, 0.2) is 5.69 Å². The van der Waals surface area contributed by atoms with Crippen molar-refractivity contribution in [2.75, 3.05) is 0 Å². The van der Waals surface area contributed by atoms with Crippen LogP contribution in [-0.4, -0.2) is 26.4 Å². The normalized spacial score (nSPS) is 16.0. The summed E-state index contributed by atoms with van der Waals surface area (Å²) in [5.74, 6) is 0.945. The maximum atomic E-state index is 12.3. The van der Waals surface area contributed by atoms with E-state index in [0.29, 0.717) is 23.8 Å². The molecule has 0 aliphatic heterocycles. The molecule has 8 nitrogen and oxygen atoms in total. The van der Waals surface area contributed by atoms with Gasteiger partial charge in [0.1, 0.15) is 5.69 Å². The fourth-order valence-corrected chi connectivity index (χ4v) is 3.09. The van der Waals surface area contributed by atoms with Crippen molar-refractivity contribution in [2.24, 2.45) is 0 Å². The molecule has 1 unspecified atom stereocenters. The molecule has 128 valence electrons. The largest absolute Gasteiger partial charge is 0.344 e. The van der Waals surface area contributed by atoms with Gasteiger partial charge in [-0.05, 0) is 42.1 Å². The minimum Gasteiger partial charge on any atom is -0.344 e. The number of hydrogen-bond acceptors (Lipinski definition) is 7. The second-order valence-electron chi connectivity index (χ2n) is 6.04. The minimum atomic E-state index is -0.272. The van der Waals surface area contributed by atoms with Crippen molar-refractivity contribution in [3.63, 3.8) is 0 Å². The van der Waals surface area contributed by atoms with Gasteiger partial charge in [-0.1, -0.05) is 29.4 Å². The summed E-state index contributed by atoms with van der Waals surface area (Å²) in [6.07, 6.45) is 2.42. The molecule has 1 aromatic carbocycles. The number of benzene rings is 1. The Hall–Kier alpha value is -3.03. The van der Waals surface area contributed by atoms with Gasteiger partial charge in [-0.3, -0.25) is 4.79 Å². The number of aryl methyl sites for hydroxylation is 3. The van der Waals surface area contributed by atoms with Crippen LogP contribution in [0.1, 0.15) is 52.6 Å². The van der Waals surface area contributed by atoms with Gasteiger partial charge < -0.3 is 9.84 Å². The summed E-state index contributed by atoms with van der Waals surface area (Å²) < 4.78 is 9.77. The summed E-state index contributed by atoms with van der Waals surface area (Å²) in [6, 6.07) is 5.98. The molecular formula is C17H17N5O3. The smallest absolute Gasteiger partial charge is 0.275 e. The number of rotatable bonds is 4. The maximum absolute atomic E-state index is 12.3. The van der Waals surface area contributed by atoms with E-state index in [-0.39, 0.29) is 17.6 Å². The molecule has 0 spiro atoms. The molecule has 25 heavy (non-hydrogen) atoms. The maximum Gasteiger partial charge on any atom is 0.275 e. The molecule has 2 heterocycles. The van der Waals surface area contributed by atoms with E-state index < -0.39 is 0 Å². The number of nitrogens with one attached hydrogen (secondary N) is 1. The number of fused-ring (bicyclic) bond motifs is 1. The molecule has 1 amide bonds. The monoisotopic (exact) mass is 339 g/mol. The minimum absolute atomic E-state index is 0.0517. The Balaban J connectivity index is 1.55. The summed E-state index contributed by atoms with van der Waals surface area (Å²) in [5, 5.41) is 14.3.